The second-order valence-electron chi connectivity index (χ2n) is 3.46. The summed E-state index contributed by atoms with van der Waals surface area (Å²) >= 11 is 0. The number of anilines is 1. The monoisotopic (exact) mass is 192 g/mol. The molecule has 0 saturated heterocycles. The number of nitrogens with two attached hydrogens (primary N) is 1. The molecule has 0 aliphatic carbocycles. The van der Waals surface area contributed by atoms with Crippen LogP contribution in [0.25, 0.3) is 0 Å². The highest BCUT2D eigenvalue weighted by Crippen LogP contribution is 2.33. The van der Waals surface area contributed by atoms with Gasteiger partial charge in [0.2, 0.25) is 0 Å². The highest BCUT2D eigenvalue weighted by molar-refractivity contribution is 5.61. The average Bonchev–Trinajstić information content (AvgIpc) is 2.67. The predicted molar refractivity (Wildman–Crippen MR) is 57.8 cm³/mol. The zero-order chi connectivity index (χ0) is 9.80. The summed E-state index contributed by atoms with van der Waals surface area (Å²) in [6.07, 6.45) is 2.02. The number of ether oxygens (including phenoxy) is 1. The topological polar surface area (TPSA) is 47.3 Å². The maximum atomic E-state index is 5.57. The summed E-state index contributed by atoms with van der Waals surface area (Å²) in [5.41, 5.74) is 7.85. The van der Waals surface area contributed by atoms with Gasteiger partial charge in [0.05, 0.1) is 12.3 Å². The largest absolute Gasteiger partial charge is 0.491 e. The quantitative estimate of drug-likeness (QED) is 0.708. The van der Waals surface area contributed by atoms with Crippen molar-refractivity contribution in [3.8, 4) is 5.75 Å². The molecule has 0 saturated carbocycles. The third-order valence-corrected chi connectivity index (χ3v) is 2.41. The summed E-state index contributed by atoms with van der Waals surface area (Å²) < 4.78 is 5.57. The van der Waals surface area contributed by atoms with Crippen LogP contribution in [0.5, 0.6) is 5.75 Å². The molecule has 0 atom stereocenters. The van der Waals surface area contributed by atoms with E-state index in [9.17, 15) is 0 Å². The van der Waals surface area contributed by atoms with Gasteiger partial charge in [0, 0.05) is 13.0 Å². The van der Waals surface area contributed by atoms with Crippen molar-refractivity contribution in [1.82, 2.24) is 0 Å². The molecule has 1 aliphatic rings. The van der Waals surface area contributed by atoms with Gasteiger partial charge in [-0.2, -0.15) is 0 Å². The van der Waals surface area contributed by atoms with E-state index in [0.29, 0.717) is 0 Å². The molecule has 14 heavy (non-hydrogen) atoms. The van der Waals surface area contributed by atoms with Gasteiger partial charge in [-0.25, -0.2) is 0 Å². The van der Waals surface area contributed by atoms with E-state index in [2.05, 4.69) is 23.5 Å². The lowest BCUT2D eigenvalue weighted by atomic mass is 10.1. The number of benzene rings is 1. The van der Waals surface area contributed by atoms with Crippen molar-refractivity contribution >= 4 is 5.69 Å². The number of para-hydroxylation sites is 1. The summed E-state index contributed by atoms with van der Waals surface area (Å²) in [5.74, 6) is 1.03. The highest BCUT2D eigenvalue weighted by Gasteiger charge is 2.14. The summed E-state index contributed by atoms with van der Waals surface area (Å²) in [7, 11) is 0. The van der Waals surface area contributed by atoms with E-state index in [0.717, 1.165) is 44.0 Å². The van der Waals surface area contributed by atoms with Crippen LogP contribution in [0.2, 0.25) is 0 Å². The Morgan fingerprint density at radius 3 is 3.21 bits per heavy atom. The second-order valence-corrected chi connectivity index (χ2v) is 3.46. The fourth-order valence-corrected chi connectivity index (χ4v) is 1.68. The third kappa shape index (κ3) is 1.82. The molecule has 76 valence electrons. The molecule has 1 aromatic carbocycles. The summed E-state index contributed by atoms with van der Waals surface area (Å²) in [4.78, 5) is 0. The molecule has 0 fully saturated rings. The van der Waals surface area contributed by atoms with E-state index in [1.807, 2.05) is 0 Å². The Labute approximate surface area is 84.3 Å². The first kappa shape index (κ1) is 9.34. The van der Waals surface area contributed by atoms with E-state index in [1.54, 1.807) is 0 Å². The molecular weight excluding hydrogens is 176 g/mol. The van der Waals surface area contributed by atoms with Crippen molar-refractivity contribution in [2.45, 2.75) is 12.8 Å². The van der Waals surface area contributed by atoms with Gasteiger partial charge < -0.3 is 15.8 Å². The normalized spacial score (nSPS) is 13.5. The van der Waals surface area contributed by atoms with Gasteiger partial charge in [-0.3, -0.25) is 0 Å². The van der Waals surface area contributed by atoms with Gasteiger partial charge in [-0.05, 0) is 24.6 Å². The lowest BCUT2D eigenvalue weighted by Gasteiger charge is -2.09. The van der Waals surface area contributed by atoms with Crippen molar-refractivity contribution in [2.75, 3.05) is 25.0 Å². The number of hydrogen-bond donors (Lipinski definition) is 2. The Morgan fingerprint density at radius 1 is 1.43 bits per heavy atom. The summed E-state index contributed by atoms with van der Waals surface area (Å²) in [6.45, 7) is 2.45. The minimum Gasteiger partial charge on any atom is -0.491 e. The molecule has 0 unspecified atom stereocenters. The SMILES string of the molecule is NCCCNc1cccc2c1OCC2. The third-order valence-electron chi connectivity index (χ3n) is 2.41. The van der Waals surface area contributed by atoms with Crippen LogP contribution in [0.15, 0.2) is 18.2 Å². The van der Waals surface area contributed by atoms with Gasteiger partial charge in [-0.1, -0.05) is 12.1 Å². The zero-order valence-corrected chi connectivity index (χ0v) is 8.25. The molecule has 0 bridgehead atoms. The fraction of sp³-hybridized carbons (Fsp3) is 0.455. The molecule has 0 amide bonds. The van der Waals surface area contributed by atoms with Crippen LogP contribution in [-0.2, 0) is 6.42 Å². The molecular formula is C11H16N2O. The second kappa shape index (κ2) is 4.33. The standard InChI is InChI=1S/C11H16N2O/c12-6-2-7-13-10-4-1-3-9-5-8-14-11(9)10/h1,3-4,13H,2,5-8,12H2. The lowest BCUT2D eigenvalue weighted by Crippen LogP contribution is -2.08. The molecule has 0 radical (unpaired) electrons. The maximum absolute atomic E-state index is 5.57. The molecule has 0 aromatic heterocycles. The molecule has 1 heterocycles. The average molecular weight is 192 g/mol. The van der Waals surface area contributed by atoms with E-state index in [-0.39, 0.29) is 0 Å². The maximum Gasteiger partial charge on any atom is 0.145 e. The van der Waals surface area contributed by atoms with Crippen molar-refractivity contribution in [2.24, 2.45) is 5.73 Å². The first-order chi connectivity index (χ1) is 6.92. The first-order valence-electron chi connectivity index (χ1n) is 5.10. The van der Waals surface area contributed by atoms with Gasteiger partial charge in [0.1, 0.15) is 5.75 Å². The fourth-order valence-electron chi connectivity index (χ4n) is 1.68. The lowest BCUT2D eigenvalue weighted by molar-refractivity contribution is 0.358. The van der Waals surface area contributed by atoms with Crippen LogP contribution in [0, 0.1) is 0 Å². The van der Waals surface area contributed by atoms with Gasteiger partial charge in [0.25, 0.3) is 0 Å². The zero-order valence-electron chi connectivity index (χ0n) is 8.25. The van der Waals surface area contributed by atoms with Gasteiger partial charge in [0.15, 0.2) is 0 Å². The van der Waals surface area contributed by atoms with Crippen LogP contribution in [0.1, 0.15) is 12.0 Å². The van der Waals surface area contributed by atoms with Crippen LogP contribution in [-0.4, -0.2) is 19.7 Å². The smallest absolute Gasteiger partial charge is 0.145 e. The number of rotatable bonds is 4. The highest BCUT2D eigenvalue weighted by atomic mass is 16.5. The van der Waals surface area contributed by atoms with Crippen molar-refractivity contribution in [1.29, 1.82) is 0 Å². The van der Waals surface area contributed by atoms with E-state index in [1.165, 1.54) is 5.56 Å². The van der Waals surface area contributed by atoms with Crippen LogP contribution in [0.3, 0.4) is 0 Å². The Kier molecular flexibility index (Phi) is 2.89. The summed E-state index contributed by atoms with van der Waals surface area (Å²) in [5, 5.41) is 3.34. The molecule has 2 rings (SSSR count). The number of hydrogen-bond acceptors (Lipinski definition) is 3. The van der Waals surface area contributed by atoms with Crippen molar-refractivity contribution in [3.05, 3.63) is 23.8 Å². The minimum atomic E-state index is 0.725. The Hall–Kier alpha value is -1.22. The van der Waals surface area contributed by atoms with Crippen molar-refractivity contribution in [3.63, 3.8) is 0 Å². The molecule has 3 nitrogen and oxygen atoms in total. The first-order valence-corrected chi connectivity index (χ1v) is 5.10. The molecule has 3 N–H and O–H groups in total. The molecule has 1 aliphatic heterocycles. The van der Waals surface area contributed by atoms with Crippen LogP contribution < -0.4 is 15.8 Å². The minimum absolute atomic E-state index is 0.725. The van der Waals surface area contributed by atoms with E-state index < -0.39 is 0 Å². The Balaban J connectivity index is 2.06. The van der Waals surface area contributed by atoms with Gasteiger partial charge in [-0.15, -0.1) is 0 Å². The Bertz CT molecular complexity index is 312. The molecule has 1 aromatic rings. The van der Waals surface area contributed by atoms with Crippen molar-refractivity contribution < 1.29 is 4.74 Å². The van der Waals surface area contributed by atoms with E-state index in [4.69, 9.17) is 10.5 Å². The van der Waals surface area contributed by atoms with Gasteiger partial charge >= 0.3 is 0 Å². The number of nitrogens with one attached hydrogen (secondary N) is 1. The molecule has 0 spiro atoms. The molecule has 3 heteroatoms. The number of fused-ring (bicyclic) bond motifs is 1. The van der Waals surface area contributed by atoms with Crippen LogP contribution in [0.4, 0.5) is 5.69 Å². The Morgan fingerprint density at radius 2 is 2.36 bits per heavy atom. The summed E-state index contributed by atoms with van der Waals surface area (Å²) in [6, 6.07) is 6.25. The predicted octanol–water partition coefficient (Wildman–Crippen LogP) is 1.38. The van der Waals surface area contributed by atoms with Crippen LogP contribution >= 0.6 is 0 Å². The van der Waals surface area contributed by atoms with E-state index >= 15 is 0 Å².